The van der Waals surface area contributed by atoms with Gasteiger partial charge < -0.3 is 9.84 Å². The largest absolute Gasteiger partial charge is 0.436 e. The molecule has 0 amide bonds. The Morgan fingerprint density at radius 2 is 2.06 bits per heavy atom. The number of nitrogens with zero attached hydrogens (tertiary/aromatic N) is 1. The summed E-state index contributed by atoms with van der Waals surface area (Å²) in [5, 5.41) is 9.40. The molecule has 1 aromatic carbocycles. The van der Waals surface area contributed by atoms with Crippen molar-refractivity contribution in [2.45, 2.75) is 13.0 Å². The normalized spacial score (nSPS) is 12.2. The van der Waals surface area contributed by atoms with Crippen LogP contribution < -0.4 is 4.74 Å². The number of rotatable bonds is 3. The van der Waals surface area contributed by atoms with Crippen LogP contribution in [0.15, 0.2) is 36.5 Å². The molecule has 0 fully saturated rings. The fourth-order valence-corrected chi connectivity index (χ4v) is 1.42. The highest BCUT2D eigenvalue weighted by Gasteiger charge is 2.11. The molecule has 0 aliphatic rings. The Hall–Kier alpha value is -2.01. The van der Waals surface area contributed by atoms with Gasteiger partial charge in [-0.25, -0.2) is 9.37 Å². The standard InChI is InChI=1S/C13H11F2NO2/c1-8(17)9-5-6-16-12(7-9)18-11-4-2-3-10(14)13(11)15/h2-8,17H,1H3/t8-/m1/s1. The van der Waals surface area contributed by atoms with Crippen molar-refractivity contribution in [3.8, 4) is 11.6 Å². The molecule has 0 saturated heterocycles. The van der Waals surface area contributed by atoms with Crippen LogP contribution in [0.2, 0.25) is 0 Å². The first-order chi connectivity index (χ1) is 8.58. The lowest BCUT2D eigenvalue weighted by Crippen LogP contribution is -1.96. The Labute approximate surface area is 103 Å². The molecule has 0 unspecified atom stereocenters. The maximum Gasteiger partial charge on any atom is 0.219 e. The molecule has 0 aliphatic carbocycles. The molecule has 1 atom stereocenters. The van der Waals surface area contributed by atoms with Gasteiger partial charge in [0.05, 0.1) is 6.10 Å². The molecule has 2 rings (SSSR count). The quantitative estimate of drug-likeness (QED) is 0.910. The number of halogens is 2. The molecule has 1 N–H and O–H groups in total. The topological polar surface area (TPSA) is 42.4 Å². The maximum absolute atomic E-state index is 13.4. The third-order valence-electron chi connectivity index (χ3n) is 2.37. The highest BCUT2D eigenvalue weighted by Crippen LogP contribution is 2.25. The molecule has 0 bridgehead atoms. The zero-order chi connectivity index (χ0) is 13.1. The Morgan fingerprint density at radius 3 is 2.78 bits per heavy atom. The van der Waals surface area contributed by atoms with Crippen molar-refractivity contribution in [1.82, 2.24) is 4.98 Å². The number of aliphatic hydroxyl groups is 1. The number of ether oxygens (including phenoxy) is 1. The molecule has 0 radical (unpaired) electrons. The third-order valence-corrected chi connectivity index (χ3v) is 2.37. The van der Waals surface area contributed by atoms with Gasteiger partial charge in [0.1, 0.15) is 0 Å². The van der Waals surface area contributed by atoms with Crippen molar-refractivity contribution < 1.29 is 18.6 Å². The van der Waals surface area contributed by atoms with Gasteiger partial charge in [0.2, 0.25) is 11.7 Å². The summed E-state index contributed by atoms with van der Waals surface area (Å²) in [6.07, 6.45) is 0.738. The monoisotopic (exact) mass is 251 g/mol. The van der Waals surface area contributed by atoms with E-state index in [0.29, 0.717) is 5.56 Å². The van der Waals surface area contributed by atoms with Gasteiger partial charge in [-0.05, 0) is 30.7 Å². The van der Waals surface area contributed by atoms with Crippen LogP contribution in [0.4, 0.5) is 8.78 Å². The van der Waals surface area contributed by atoms with Crippen molar-refractivity contribution in [2.24, 2.45) is 0 Å². The summed E-state index contributed by atoms with van der Waals surface area (Å²) in [6, 6.07) is 6.72. The van der Waals surface area contributed by atoms with Crippen LogP contribution in [-0.4, -0.2) is 10.1 Å². The molecule has 5 heteroatoms. The smallest absolute Gasteiger partial charge is 0.219 e. The molecule has 1 aromatic heterocycles. The van der Waals surface area contributed by atoms with Crippen LogP contribution in [0.3, 0.4) is 0 Å². The Balaban J connectivity index is 2.28. The SMILES string of the molecule is C[C@@H](O)c1ccnc(Oc2cccc(F)c2F)c1. The van der Waals surface area contributed by atoms with E-state index in [-0.39, 0.29) is 11.6 Å². The summed E-state index contributed by atoms with van der Waals surface area (Å²) in [4.78, 5) is 3.87. The average molecular weight is 251 g/mol. The molecular formula is C13H11F2NO2. The lowest BCUT2D eigenvalue weighted by atomic mass is 10.2. The van der Waals surface area contributed by atoms with Gasteiger partial charge in [-0.1, -0.05) is 6.07 Å². The second kappa shape index (κ2) is 5.10. The van der Waals surface area contributed by atoms with Crippen LogP contribution in [0.1, 0.15) is 18.6 Å². The number of aliphatic hydroxyl groups excluding tert-OH is 1. The van der Waals surface area contributed by atoms with Gasteiger partial charge in [-0.15, -0.1) is 0 Å². The molecule has 3 nitrogen and oxygen atoms in total. The number of hydrogen-bond acceptors (Lipinski definition) is 3. The lowest BCUT2D eigenvalue weighted by molar-refractivity contribution is 0.198. The molecule has 2 aromatic rings. The predicted molar refractivity (Wildman–Crippen MR) is 61.3 cm³/mol. The van der Waals surface area contributed by atoms with Crippen LogP contribution in [0.25, 0.3) is 0 Å². The highest BCUT2D eigenvalue weighted by atomic mass is 19.2. The van der Waals surface area contributed by atoms with E-state index in [1.165, 1.54) is 24.4 Å². The molecular weight excluding hydrogens is 240 g/mol. The predicted octanol–water partition coefficient (Wildman–Crippen LogP) is 3.21. The van der Waals surface area contributed by atoms with Crippen molar-refractivity contribution in [3.05, 3.63) is 53.7 Å². The van der Waals surface area contributed by atoms with Gasteiger partial charge in [0.15, 0.2) is 11.6 Å². The summed E-state index contributed by atoms with van der Waals surface area (Å²) in [6.45, 7) is 1.59. The zero-order valence-electron chi connectivity index (χ0n) is 9.60. The van der Waals surface area contributed by atoms with E-state index in [4.69, 9.17) is 4.74 Å². The lowest BCUT2D eigenvalue weighted by Gasteiger charge is -2.08. The summed E-state index contributed by atoms with van der Waals surface area (Å²) in [5.41, 5.74) is 0.580. The molecule has 0 spiro atoms. The van der Waals surface area contributed by atoms with E-state index in [9.17, 15) is 13.9 Å². The van der Waals surface area contributed by atoms with Crippen molar-refractivity contribution in [1.29, 1.82) is 0 Å². The van der Waals surface area contributed by atoms with Crippen LogP contribution in [-0.2, 0) is 0 Å². The van der Waals surface area contributed by atoms with Gasteiger partial charge in [-0.3, -0.25) is 0 Å². The molecule has 94 valence electrons. The first-order valence-electron chi connectivity index (χ1n) is 5.34. The second-order valence-corrected chi connectivity index (χ2v) is 3.76. The minimum Gasteiger partial charge on any atom is -0.436 e. The van der Waals surface area contributed by atoms with E-state index in [2.05, 4.69) is 4.98 Å². The van der Waals surface area contributed by atoms with E-state index in [1.54, 1.807) is 13.0 Å². The van der Waals surface area contributed by atoms with Crippen LogP contribution >= 0.6 is 0 Å². The fraction of sp³-hybridized carbons (Fsp3) is 0.154. The Kier molecular flexibility index (Phi) is 3.53. The van der Waals surface area contributed by atoms with Crippen molar-refractivity contribution in [3.63, 3.8) is 0 Å². The van der Waals surface area contributed by atoms with E-state index in [0.717, 1.165) is 6.07 Å². The number of aromatic nitrogens is 1. The van der Waals surface area contributed by atoms with Crippen LogP contribution in [0.5, 0.6) is 11.6 Å². The molecule has 0 aliphatic heterocycles. The first-order valence-corrected chi connectivity index (χ1v) is 5.34. The van der Waals surface area contributed by atoms with E-state index < -0.39 is 17.7 Å². The average Bonchev–Trinajstić information content (AvgIpc) is 2.35. The van der Waals surface area contributed by atoms with Crippen LogP contribution in [0, 0.1) is 11.6 Å². The molecule has 0 saturated carbocycles. The first kappa shape index (κ1) is 12.4. The Morgan fingerprint density at radius 1 is 1.28 bits per heavy atom. The summed E-state index contributed by atoms with van der Waals surface area (Å²) < 4.78 is 31.5. The fourth-order valence-electron chi connectivity index (χ4n) is 1.42. The van der Waals surface area contributed by atoms with Gasteiger partial charge in [0.25, 0.3) is 0 Å². The van der Waals surface area contributed by atoms with Gasteiger partial charge in [-0.2, -0.15) is 4.39 Å². The van der Waals surface area contributed by atoms with E-state index in [1.807, 2.05) is 0 Å². The van der Waals surface area contributed by atoms with Crippen molar-refractivity contribution >= 4 is 0 Å². The number of benzene rings is 1. The molecule has 1 heterocycles. The summed E-state index contributed by atoms with van der Waals surface area (Å²) in [5.74, 6) is -2.20. The number of hydrogen-bond donors (Lipinski definition) is 1. The minimum atomic E-state index is -1.07. The van der Waals surface area contributed by atoms with Gasteiger partial charge >= 0.3 is 0 Å². The Bertz CT molecular complexity index is 558. The maximum atomic E-state index is 13.4. The highest BCUT2D eigenvalue weighted by molar-refractivity contribution is 5.31. The second-order valence-electron chi connectivity index (χ2n) is 3.76. The summed E-state index contributed by atoms with van der Waals surface area (Å²) in [7, 11) is 0. The van der Waals surface area contributed by atoms with Gasteiger partial charge in [0, 0.05) is 12.3 Å². The number of pyridine rings is 1. The van der Waals surface area contributed by atoms with E-state index >= 15 is 0 Å². The zero-order valence-corrected chi connectivity index (χ0v) is 9.60. The minimum absolute atomic E-state index is 0.0953. The molecule has 18 heavy (non-hydrogen) atoms. The van der Waals surface area contributed by atoms with Crippen molar-refractivity contribution in [2.75, 3.05) is 0 Å². The third kappa shape index (κ3) is 2.62. The summed E-state index contributed by atoms with van der Waals surface area (Å²) >= 11 is 0.